The minimum atomic E-state index is -1.00. The standard InChI is InChI=1S/C16H16BrNO4/c1-8-12-7-10(17)3-6-13(12)22-14(8)15(19)18(11-4-5-11)9(2)16(20)21/h3,6-7,9,11H,4-5H2,1-2H3,(H,20,21). The molecular formula is C16H16BrNO4. The maximum Gasteiger partial charge on any atom is 0.326 e. The Kier molecular flexibility index (Phi) is 3.72. The van der Waals surface area contributed by atoms with Crippen LogP contribution in [0.1, 0.15) is 35.9 Å². The van der Waals surface area contributed by atoms with Crippen LogP contribution in [0.5, 0.6) is 0 Å². The van der Waals surface area contributed by atoms with Crippen molar-refractivity contribution in [3.05, 3.63) is 34.0 Å². The fraction of sp³-hybridized carbons (Fsp3) is 0.375. The Morgan fingerprint density at radius 1 is 1.41 bits per heavy atom. The number of carboxylic acids is 1. The molecule has 0 spiro atoms. The molecule has 1 aliphatic carbocycles. The van der Waals surface area contributed by atoms with E-state index in [0.29, 0.717) is 5.58 Å². The van der Waals surface area contributed by atoms with Gasteiger partial charge in [-0.15, -0.1) is 0 Å². The summed E-state index contributed by atoms with van der Waals surface area (Å²) in [7, 11) is 0. The van der Waals surface area contributed by atoms with Gasteiger partial charge in [-0.3, -0.25) is 4.79 Å². The molecular weight excluding hydrogens is 350 g/mol. The van der Waals surface area contributed by atoms with Gasteiger partial charge in [-0.05, 0) is 44.9 Å². The Morgan fingerprint density at radius 3 is 2.68 bits per heavy atom. The van der Waals surface area contributed by atoms with Gasteiger partial charge in [0.1, 0.15) is 11.6 Å². The summed E-state index contributed by atoms with van der Waals surface area (Å²) in [5, 5.41) is 10.1. The van der Waals surface area contributed by atoms with E-state index >= 15 is 0 Å². The molecule has 1 unspecified atom stereocenters. The number of benzene rings is 1. The van der Waals surface area contributed by atoms with Crippen molar-refractivity contribution in [3.63, 3.8) is 0 Å². The fourth-order valence-corrected chi connectivity index (χ4v) is 3.01. The SMILES string of the molecule is Cc1c(C(=O)N(C2CC2)C(C)C(=O)O)oc2ccc(Br)cc12. The molecule has 0 radical (unpaired) electrons. The van der Waals surface area contributed by atoms with Crippen LogP contribution in [0.15, 0.2) is 27.1 Å². The maximum absolute atomic E-state index is 12.8. The van der Waals surface area contributed by atoms with Crippen LogP contribution >= 0.6 is 15.9 Å². The molecule has 0 aliphatic heterocycles. The lowest BCUT2D eigenvalue weighted by molar-refractivity contribution is -0.141. The Morgan fingerprint density at radius 2 is 2.09 bits per heavy atom. The van der Waals surface area contributed by atoms with E-state index in [0.717, 1.165) is 28.3 Å². The number of hydrogen-bond acceptors (Lipinski definition) is 3. The fourth-order valence-electron chi connectivity index (χ4n) is 2.64. The molecule has 116 valence electrons. The van der Waals surface area contributed by atoms with E-state index < -0.39 is 12.0 Å². The molecule has 1 aromatic carbocycles. The highest BCUT2D eigenvalue weighted by molar-refractivity contribution is 9.10. The summed E-state index contributed by atoms with van der Waals surface area (Å²) in [6, 6.07) is 4.67. The monoisotopic (exact) mass is 365 g/mol. The quantitative estimate of drug-likeness (QED) is 0.898. The molecule has 1 aromatic heterocycles. The predicted molar refractivity (Wildman–Crippen MR) is 84.9 cm³/mol. The number of carbonyl (C=O) groups excluding carboxylic acids is 1. The zero-order chi connectivity index (χ0) is 16.0. The molecule has 0 saturated heterocycles. The predicted octanol–water partition coefficient (Wildman–Crippen LogP) is 3.58. The molecule has 6 heteroatoms. The maximum atomic E-state index is 12.8. The van der Waals surface area contributed by atoms with Gasteiger partial charge in [-0.2, -0.15) is 0 Å². The Hall–Kier alpha value is -1.82. The van der Waals surface area contributed by atoms with Crippen molar-refractivity contribution < 1.29 is 19.1 Å². The molecule has 1 heterocycles. The third-order valence-electron chi connectivity index (χ3n) is 4.04. The highest BCUT2D eigenvalue weighted by Crippen LogP contribution is 2.34. The van der Waals surface area contributed by atoms with Crippen LogP contribution in [0, 0.1) is 6.92 Å². The van der Waals surface area contributed by atoms with E-state index in [1.807, 2.05) is 19.1 Å². The van der Waals surface area contributed by atoms with Crippen molar-refractivity contribution in [1.82, 2.24) is 4.90 Å². The van der Waals surface area contributed by atoms with E-state index in [2.05, 4.69) is 15.9 Å². The first-order valence-electron chi connectivity index (χ1n) is 7.14. The summed E-state index contributed by atoms with van der Waals surface area (Å²) >= 11 is 3.40. The summed E-state index contributed by atoms with van der Waals surface area (Å²) < 4.78 is 6.60. The molecule has 1 saturated carbocycles. The highest BCUT2D eigenvalue weighted by Gasteiger charge is 2.40. The molecule has 1 N–H and O–H groups in total. The first-order chi connectivity index (χ1) is 10.4. The first-order valence-corrected chi connectivity index (χ1v) is 7.93. The molecule has 3 rings (SSSR count). The molecule has 2 aromatic rings. The number of aliphatic carboxylic acids is 1. The van der Waals surface area contributed by atoms with Crippen molar-refractivity contribution in [2.75, 3.05) is 0 Å². The van der Waals surface area contributed by atoms with Gasteiger partial charge >= 0.3 is 5.97 Å². The summed E-state index contributed by atoms with van der Waals surface area (Å²) in [5.74, 6) is -1.12. The van der Waals surface area contributed by atoms with Crippen LogP contribution in [-0.4, -0.2) is 34.0 Å². The van der Waals surface area contributed by atoms with Crippen molar-refractivity contribution in [1.29, 1.82) is 0 Å². The lowest BCUT2D eigenvalue weighted by atomic mass is 10.1. The van der Waals surface area contributed by atoms with Gasteiger partial charge < -0.3 is 14.4 Å². The summed E-state index contributed by atoms with van der Waals surface area (Å²) in [6.45, 7) is 3.36. The smallest absolute Gasteiger partial charge is 0.326 e. The summed E-state index contributed by atoms with van der Waals surface area (Å²) in [6.07, 6.45) is 1.68. The number of furan rings is 1. The number of carboxylic acid groups (broad SMARTS) is 1. The lowest BCUT2D eigenvalue weighted by Crippen LogP contribution is -2.44. The molecule has 1 fully saturated rings. The van der Waals surface area contributed by atoms with Crippen LogP contribution in [0.25, 0.3) is 11.0 Å². The summed E-state index contributed by atoms with van der Waals surface area (Å²) in [4.78, 5) is 25.5. The van der Waals surface area contributed by atoms with Gasteiger partial charge in [-0.25, -0.2) is 4.79 Å². The number of hydrogen-bond donors (Lipinski definition) is 1. The Balaban J connectivity index is 2.03. The van der Waals surface area contributed by atoms with Gasteiger partial charge in [-0.1, -0.05) is 15.9 Å². The van der Waals surface area contributed by atoms with Gasteiger partial charge in [0.15, 0.2) is 5.76 Å². The number of nitrogens with zero attached hydrogens (tertiary/aromatic N) is 1. The lowest BCUT2D eigenvalue weighted by Gasteiger charge is -2.25. The zero-order valence-corrected chi connectivity index (χ0v) is 13.9. The van der Waals surface area contributed by atoms with Gasteiger partial charge in [0.2, 0.25) is 0 Å². The highest BCUT2D eigenvalue weighted by atomic mass is 79.9. The topological polar surface area (TPSA) is 70.8 Å². The van der Waals surface area contributed by atoms with E-state index in [-0.39, 0.29) is 17.7 Å². The van der Waals surface area contributed by atoms with Crippen LogP contribution in [0.4, 0.5) is 0 Å². The molecule has 1 amide bonds. The number of aryl methyl sites for hydroxylation is 1. The number of carbonyl (C=O) groups is 2. The van der Waals surface area contributed by atoms with Crippen LogP contribution < -0.4 is 0 Å². The van der Waals surface area contributed by atoms with Crippen molar-refractivity contribution in [2.45, 2.75) is 38.8 Å². The molecule has 1 aliphatic rings. The van der Waals surface area contributed by atoms with Gasteiger partial charge in [0.25, 0.3) is 5.91 Å². The van der Waals surface area contributed by atoms with Crippen LogP contribution in [0.3, 0.4) is 0 Å². The number of fused-ring (bicyclic) bond motifs is 1. The molecule has 0 bridgehead atoms. The summed E-state index contributed by atoms with van der Waals surface area (Å²) in [5.41, 5.74) is 1.37. The van der Waals surface area contributed by atoms with Crippen molar-refractivity contribution >= 4 is 38.8 Å². The number of amides is 1. The minimum Gasteiger partial charge on any atom is -0.480 e. The second-order valence-electron chi connectivity index (χ2n) is 5.65. The molecule has 22 heavy (non-hydrogen) atoms. The zero-order valence-electron chi connectivity index (χ0n) is 12.3. The third kappa shape index (κ3) is 2.52. The molecule has 1 atom stereocenters. The van der Waals surface area contributed by atoms with Gasteiger partial charge in [0, 0.05) is 21.5 Å². The average molecular weight is 366 g/mol. The minimum absolute atomic E-state index is 0.00190. The Bertz CT molecular complexity index is 763. The third-order valence-corrected chi connectivity index (χ3v) is 4.54. The largest absolute Gasteiger partial charge is 0.480 e. The van der Waals surface area contributed by atoms with E-state index in [1.54, 1.807) is 6.07 Å². The average Bonchev–Trinajstić information content (AvgIpc) is 3.24. The normalized spacial score (nSPS) is 15.8. The second kappa shape index (κ2) is 5.43. The van der Waals surface area contributed by atoms with E-state index in [4.69, 9.17) is 4.42 Å². The number of rotatable bonds is 4. The first kappa shape index (κ1) is 15.1. The van der Waals surface area contributed by atoms with E-state index in [9.17, 15) is 14.7 Å². The van der Waals surface area contributed by atoms with Crippen molar-refractivity contribution in [3.8, 4) is 0 Å². The number of halogens is 1. The van der Waals surface area contributed by atoms with Crippen LogP contribution in [0.2, 0.25) is 0 Å². The van der Waals surface area contributed by atoms with E-state index in [1.165, 1.54) is 11.8 Å². The Labute approximate surface area is 136 Å². The molecule has 5 nitrogen and oxygen atoms in total. The van der Waals surface area contributed by atoms with Crippen LogP contribution in [-0.2, 0) is 4.79 Å². The van der Waals surface area contributed by atoms with Gasteiger partial charge in [0.05, 0.1) is 0 Å². The van der Waals surface area contributed by atoms with Crippen molar-refractivity contribution in [2.24, 2.45) is 0 Å². The second-order valence-corrected chi connectivity index (χ2v) is 6.57.